The maximum atomic E-state index is 11.6. The summed E-state index contributed by atoms with van der Waals surface area (Å²) in [6, 6.07) is 0.707. The molecule has 3 N–H and O–H groups in total. The van der Waals surface area contributed by atoms with E-state index < -0.39 is 0 Å². The second-order valence-corrected chi connectivity index (χ2v) is 5.18. The average Bonchev–Trinajstić information content (AvgIpc) is 2.20. The summed E-state index contributed by atoms with van der Waals surface area (Å²) >= 11 is 1.59. The summed E-state index contributed by atoms with van der Waals surface area (Å²) in [6.07, 6.45) is 6.11. The van der Waals surface area contributed by atoms with Gasteiger partial charge in [-0.15, -0.1) is 12.4 Å². The largest absolute Gasteiger partial charge is 0.352 e. The number of nitrogens with two attached hydrogens (primary N) is 1. The lowest BCUT2D eigenvalue weighted by Gasteiger charge is -2.27. The molecule has 90 valence electrons. The number of nitrogens with one attached hydrogen (secondary N) is 1. The molecule has 0 heterocycles. The minimum atomic E-state index is 0. The molecule has 0 radical (unpaired) electrons. The molecule has 0 aromatic carbocycles. The van der Waals surface area contributed by atoms with Gasteiger partial charge in [0.05, 0.1) is 5.25 Å². The number of halogens is 1. The van der Waals surface area contributed by atoms with Gasteiger partial charge < -0.3 is 11.1 Å². The van der Waals surface area contributed by atoms with Crippen LogP contribution in [-0.2, 0) is 4.79 Å². The third-order valence-electron chi connectivity index (χ3n) is 2.84. The molecule has 1 unspecified atom stereocenters. The lowest BCUT2D eigenvalue weighted by Crippen LogP contribution is -2.43. The summed E-state index contributed by atoms with van der Waals surface area (Å²) in [5.74, 6) is 0.165. The highest BCUT2D eigenvalue weighted by Crippen LogP contribution is 2.17. The van der Waals surface area contributed by atoms with Crippen LogP contribution >= 0.6 is 24.2 Å². The quantitative estimate of drug-likeness (QED) is 0.801. The fraction of sp³-hybridized carbons (Fsp3) is 0.900. The van der Waals surface area contributed by atoms with E-state index >= 15 is 0 Å². The van der Waals surface area contributed by atoms with E-state index in [0.29, 0.717) is 12.1 Å². The van der Waals surface area contributed by atoms with Crippen LogP contribution in [0.25, 0.3) is 0 Å². The van der Waals surface area contributed by atoms with E-state index in [2.05, 4.69) is 5.32 Å². The van der Waals surface area contributed by atoms with Crippen LogP contribution in [0.4, 0.5) is 0 Å². The van der Waals surface area contributed by atoms with Crippen LogP contribution in [0, 0.1) is 0 Å². The van der Waals surface area contributed by atoms with Crippen molar-refractivity contribution in [3.8, 4) is 0 Å². The van der Waals surface area contributed by atoms with E-state index in [0.717, 1.165) is 25.7 Å². The Hall–Kier alpha value is 0.0700. The zero-order valence-electron chi connectivity index (χ0n) is 9.36. The number of rotatable bonds is 3. The van der Waals surface area contributed by atoms with Crippen LogP contribution in [-0.4, -0.2) is 29.5 Å². The summed E-state index contributed by atoms with van der Waals surface area (Å²) in [6.45, 7) is 1.94. The Balaban J connectivity index is 0.00000196. The van der Waals surface area contributed by atoms with Gasteiger partial charge in [0.15, 0.2) is 0 Å². The molecule has 3 nitrogen and oxygen atoms in total. The van der Waals surface area contributed by atoms with E-state index in [1.165, 1.54) is 0 Å². The van der Waals surface area contributed by atoms with Crippen molar-refractivity contribution in [3.05, 3.63) is 0 Å². The molecule has 0 bridgehead atoms. The molecule has 5 heteroatoms. The van der Waals surface area contributed by atoms with Crippen LogP contribution in [0.3, 0.4) is 0 Å². The smallest absolute Gasteiger partial charge is 0.233 e. The lowest BCUT2D eigenvalue weighted by atomic mass is 9.92. The molecular weight excluding hydrogens is 232 g/mol. The normalized spacial score (nSPS) is 27.7. The molecule has 1 aliphatic rings. The second kappa shape index (κ2) is 7.36. The molecule has 0 spiro atoms. The van der Waals surface area contributed by atoms with Crippen molar-refractivity contribution in [2.75, 3.05) is 6.26 Å². The standard InChI is InChI=1S/C10H20N2OS.ClH/c1-7(14-2)10(13)12-9-5-3-8(11)4-6-9;/h7-9H,3-6,11H2,1-2H3,(H,12,13);1H. The molecule has 0 saturated heterocycles. The average molecular weight is 253 g/mol. The van der Waals surface area contributed by atoms with Gasteiger partial charge in [-0.3, -0.25) is 4.79 Å². The molecule has 0 aromatic rings. The van der Waals surface area contributed by atoms with Gasteiger partial charge in [0.1, 0.15) is 0 Å². The van der Waals surface area contributed by atoms with E-state index in [1.807, 2.05) is 13.2 Å². The molecule has 15 heavy (non-hydrogen) atoms. The molecule has 1 rings (SSSR count). The van der Waals surface area contributed by atoms with Crippen molar-refractivity contribution in [1.29, 1.82) is 0 Å². The van der Waals surface area contributed by atoms with Gasteiger partial charge in [-0.25, -0.2) is 0 Å². The first-order valence-electron chi connectivity index (χ1n) is 5.22. The Kier molecular flexibility index (Phi) is 7.40. The van der Waals surface area contributed by atoms with Crippen LogP contribution in [0.1, 0.15) is 32.6 Å². The topological polar surface area (TPSA) is 55.1 Å². The van der Waals surface area contributed by atoms with E-state index in [-0.39, 0.29) is 23.6 Å². The Bertz CT molecular complexity index is 196. The van der Waals surface area contributed by atoms with E-state index in [4.69, 9.17) is 5.73 Å². The predicted octanol–water partition coefficient (Wildman–Crippen LogP) is 1.55. The Morgan fingerprint density at radius 2 is 1.93 bits per heavy atom. The van der Waals surface area contributed by atoms with E-state index in [1.54, 1.807) is 11.8 Å². The maximum Gasteiger partial charge on any atom is 0.233 e. The minimum Gasteiger partial charge on any atom is -0.352 e. The first-order chi connectivity index (χ1) is 6.63. The first-order valence-corrected chi connectivity index (χ1v) is 6.51. The second-order valence-electron chi connectivity index (χ2n) is 4.00. The van der Waals surface area contributed by atoms with Crippen molar-refractivity contribution in [1.82, 2.24) is 5.32 Å². The van der Waals surface area contributed by atoms with Crippen molar-refractivity contribution < 1.29 is 4.79 Å². The number of amides is 1. The van der Waals surface area contributed by atoms with Crippen molar-refractivity contribution in [3.63, 3.8) is 0 Å². The number of hydrogen-bond donors (Lipinski definition) is 2. The third-order valence-corrected chi connectivity index (χ3v) is 3.76. The Labute approximate surface area is 102 Å². The van der Waals surface area contributed by atoms with Gasteiger partial charge in [-0.1, -0.05) is 0 Å². The lowest BCUT2D eigenvalue weighted by molar-refractivity contribution is -0.121. The zero-order valence-corrected chi connectivity index (χ0v) is 11.0. The highest BCUT2D eigenvalue weighted by atomic mass is 35.5. The monoisotopic (exact) mass is 252 g/mol. The van der Waals surface area contributed by atoms with Crippen molar-refractivity contribution in [2.24, 2.45) is 5.73 Å². The molecule has 0 aromatic heterocycles. The summed E-state index contributed by atoms with van der Waals surface area (Å²) in [5.41, 5.74) is 5.80. The third kappa shape index (κ3) is 5.09. The SMILES string of the molecule is CSC(C)C(=O)NC1CCC(N)CC1.Cl. The molecular formula is C10H21ClN2OS. The van der Waals surface area contributed by atoms with Crippen molar-refractivity contribution in [2.45, 2.75) is 49.9 Å². The van der Waals surface area contributed by atoms with Crippen LogP contribution in [0.2, 0.25) is 0 Å². The highest BCUT2D eigenvalue weighted by molar-refractivity contribution is 7.99. The summed E-state index contributed by atoms with van der Waals surface area (Å²) in [5, 5.41) is 3.14. The summed E-state index contributed by atoms with van der Waals surface area (Å²) < 4.78 is 0. The number of thioether (sulfide) groups is 1. The Morgan fingerprint density at radius 3 is 2.40 bits per heavy atom. The highest BCUT2D eigenvalue weighted by Gasteiger charge is 2.21. The molecule has 1 amide bonds. The Morgan fingerprint density at radius 1 is 1.40 bits per heavy atom. The number of hydrogen-bond acceptors (Lipinski definition) is 3. The van der Waals surface area contributed by atoms with Crippen molar-refractivity contribution >= 4 is 30.1 Å². The fourth-order valence-electron chi connectivity index (χ4n) is 1.69. The predicted molar refractivity (Wildman–Crippen MR) is 68.6 cm³/mol. The van der Waals surface area contributed by atoms with E-state index in [9.17, 15) is 4.79 Å². The zero-order chi connectivity index (χ0) is 10.6. The fourth-order valence-corrected chi connectivity index (χ4v) is 1.97. The molecule has 1 saturated carbocycles. The van der Waals surface area contributed by atoms with Gasteiger partial charge in [0.25, 0.3) is 0 Å². The van der Waals surface area contributed by atoms with Gasteiger partial charge in [-0.2, -0.15) is 11.8 Å². The number of carbonyl (C=O) groups excluding carboxylic acids is 1. The molecule has 1 aliphatic carbocycles. The molecule has 1 fully saturated rings. The van der Waals surface area contributed by atoms with Gasteiger partial charge in [0, 0.05) is 12.1 Å². The summed E-state index contributed by atoms with van der Waals surface area (Å²) in [4.78, 5) is 11.6. The molecule has 1 atom stereocenters. The maximum absolute atomic E-state index is 11.6. The van der Waals surface area contributed by atoms with Gasteiger partial charge in [-0.05, 0) is 38.9 Å². The minimum absolute atomic E-state index is 0. The number of carbonyl (C=O) groups is 1. The molecule has 0 aliphatic heterocycles. The summed E-state index contributed by atoms with van der Waals surface area (Å²) in [7, 11) is 0. The van der Waals surface area contributed by atoms with Gasteiger partial charge in [0.2, 0.25) is 5.91 Å². The van der Waals surface area contributed by atoms with Gasteiger partial charge >= 0.3 is 0 Å². The van der Waals surface area contributed by atoms with Crippen LogP contribution < -0.4 is 11.1 Å². The van der Waals surface area contributed by atoms with Crippen LogP contribution in [0.15, 0.2) is 0 Å². The van der Waals surface area contributed by atoms with Crippen LogP contribution in [0.5, 0.6) is 0 Å². The first kappa shape index (κ1) is 15.1.